The van der Waals surface area contributed by atoms with E-state index in [-0.39, 0.29) is 57.4 Å². The first-order chi connectivity index (χ1) is 15.5. The van der Waals surface area contributed by atoms with Crippen LogP contribution in [0.25, 0.3) is 0 Å². The van der Waals surface area contributed by atoms with Gasteiger partial charge in [-0.15, -0.1) is 23.1 Å². The molecule has 4 heterocycles. The minimum atomic E-state index is -0.273. The SMILES string of the molecule is O=C1[C@@H]2[C@H]3C[C@@H]([C@@H]2C(=O)N1c1ccc(Cl)cc1)[C@@H]1[C@H](c2cccs2)c2sc(=O)[nH]c2S[C@H]31. The number of halogens is 1. The van der Waals surface area contributed by atoms with E-state index in [0.29, 0.717) is 10.7 Å². The largest absolute Gasteiger partial charge is 0.307 e. The number of benzene rings is 1. The van der Waals surface area contributed by atoms with Crippen molar-refractivity contribution in [3.63, 3.8) is 0 Å². The molecule has 5 nitrogen and oxygen atoms in total. The molecule has 1 saturated heterocycles. The van der Waals surface area contributed by atoms with E-state index in [9.17, 15) is 14.4 Å². The third-order valence-electron chi connectivity index (χ3n) is 7.66. The number of amides is 2. The zero-order chi connectivity index (χ0) is 21.7. The molecule has 32 heavy (non-hydrogen) atoms. The molecule has 162 valence electrons. The molecule has 1 N–H and O–H groups in total. The number of carbonyl (C=O) groups excluding carboxylic acids is 2. The second-order valence-corrected chi connectivity index (χ2v) is 12.6. The molecule has 0 radical (unpaired) electrons. The highest BCUT2D eigenvalue weighted by Crippen LogP contribution is 2.68. The minimum absolute atomic E-state index is 0.0300. The number of hydrogen-bond donors (Lipinski definition) is 1. The van der Waals surface area contributed by atoms with Gasteiger partial charge < -0.3 is 4.98 Å². The quantitative estimate of drug-likeness (QED) is 0.512. The summed E-state index contributed by atoms with van der Waals surface area (Å²) in [5, 5.41) is 3.83. The molecule has 7 atom stereocenters. The number of aromatic amines is 1. The van der Waals surface area contributed by atoms with E-state index in [1.54, 1.807) is 47.4 Å². The number of thiophene rings is 1. The molecule has 0 unspecified atom stereocenters. The number of aromatic nitrogens is 1. The lowest BCUT2D eigenvalue weighted by Gasteiger charge is -2.42. The Morgan fingerprint density at radius 2 is 1.75 bits per heavy atom. The van der Waals surface area contributed by atoms with E-state index in [4.69, 9.17) is 11.6 Å². The molecule has 2 aliphatic carbocycles. The second-order valence-electron chi connectivity index (χ2n) is 8.96. The van der Waals surface area contributed by atoms with Crippen LogP contribution in [0.1, 0.15) is 22.1 Å². The highest BCUT2D eigenvalue weighted by Gasteiger charge is 2.69. The fourth-order valence-electron chi connectivity index (χ4n) is 6.65. The Kier molecular flexibility index (Phi) is 4.18. The standard InChI is InChI=1S/C23H17ClN2O3S3/c24-9-3-5-10(6-4-9)26-21(27)15-11-8-12(16(15)22(26)28)18-14(11)17(13-2-1-7-30-13)19-20(31-18)25-23(29)32-19/h1-7,11-12,14-18H,8H2,(H,25,29)/t11-,12-,14-,15+,16-,17+,18-/m1/s1. The first-order valence-electron chi connectivity index (χ1n) is 10.6. The summed E-state index contributed by atoms with van der Waals surface area (Å²) in [4.78, 5) is 46.1. The average molecular weight is 501 g/mol. The number of anilines is 1. The van der Waals surface area contributed by atoms with Crippen molar-refractivity contribution in [3.05, 3.63) is 66.2 Å². The smallest absolute Gasteiger partial charge is 0.305 e. The number of hydrogen-bond acceptors (Lipinski definition) is 6. The third-order valence-corrected chi connectivity index (χ3v) is 11.5. The average Bonchev–Trinajstić information content (AvgIpc) is 3.57. The van der Waals surface area contributed by atoms with Crippen molar-refractivity contribution in [2.45, 2.75) is 22.6 Å². The van der Waals surface area contributed by atoms with Crippen molar-refractivity contribution in [1.82, 2.24) is 4.98 Å². The van der Waals surface area contributed by atoms with Crippen LogP contribution >= 0.6 is 46.0 Å². The highest BCUT2D eigenvalue weighted by molar-refractivity contribution is 8.00. The Labute approximate surface area is 200 Å². The molecule has 9 heteroatoms. The number of nitrogens with one attached hydrogen (secondary N) is 1. The summed E-state index contributed by atoms with van der Waals surface area (Å²) in [7, 11) is 0. The van der Waals surface area contributed by atoms with Crippen LogP contribution < -0.4 is 9.77 Å². The molecule has 1 aromatic carbocycles. The molecular weight excluding hydrogens is 484 g/mol. The van der Waals surface area contributed by atoms with Crippen LogP contribution in [0.3, 0.4) is 0 Å². The normalized spacial score (nSPS) is 34.7. The first-order valence-corrected chi connectivity index (χ1v) is 13.5. The molecule has 2 aromatic heterocycles. The molecule has 2 saturated carbocycles. The van der Waals surface area contributed by atoms with E-state index in [0.717, 1.165) is 16.3 Å². The van der Waals surface area contributed by atoms with Crippen LogP contribution in [0.4, 0.5) is 5.69 Å². The summed E-state index contributed by atoms with van der Waals surface area (Å²) in [6, 6.07) is 11.1. The lowest BCUT2D eigenvalue weighted by atomic mass is 9.69. The molecule has 2 amide bonds. The maximum Gasteiger partial charge on any atom is 0.305 e. The lowest BCUT2D eigenvalue weighted by Crippen LogP contribution is -2.42. The van der Waals surface area contributed by atoms with Crippen molar-refractivity contribution in [2.24, 2.45) is 29.6 Å². The Morgan fingerprint density at radius 1 is 1.00 bits per heavy atom. The number of nitrogens with zero attached hydrogens (tertiary/aromatic N) is 1. The van der Waals surface area contributed by atoms with Gasteiger partial charge in [-0.1, -0.05) is 29.0 Å². The molecule has 4 aliphatic rings. The van der Waals surface area contributed by atoms with E-state index >= 15 is 0 Å². The van der Waals surface area contributed by atoms with Gasteiger partial charge in [-0.3, -0.25) is 19.3 Å². The molecule has 2 aliphatic heterocycles. The fourth-order valence-corrected chi connectivity index (χ4v) is 10.6. The van der Waals surface area contributed by atoms with Gasteiger partial charge in [0.05, 0.1) is 22.5 Å². The van der Waals surface area contributed by atoms with Gasteiger partial charge in [0, 0.05) is 25.9 Å². The predicted octanol–water partition coefficient (Wildman–Crippen LogP) is 4.83. The summed E-state index contributed by atoms with van der Waals surface area (Å²) in [5.41, 5.74) is 0.604. The van der Waals surface area contributed by atoms with Crippen molar-refractivity contribution in [3.8, 4) is 0 Å². The van der Waals surface area contributed by atoms with Gasteiger partial charge >= 0.3 is 4.87 Å². The molecule has 0 spiro atoms. The Bertz CT molecular complexity index is 1310. The van der Waals surface area contributed by atoms with E-state index in [2.05, 4.69) is 16.4 Å². The molecular formula is C23H17ClN2O3S3. The lowest BCUT2D eigenvalue weighted by molar-refractivity contribution is -0.123. The van der Waals surface area contributed by atoms with Gasteiger partial charge in [-0.2, -0.15) is 0 Å². The molecule has 2 bridgehead atoms. The van der Waals surface area contributed by atoms with Crippen molar-refractivity contribution in [1.29, 1.82) is 0 Å². The van der Waals surface area contributed by atoms with Crippen LogP contribution in [0.2, 0.25) is 5.02 Å². The van der Waals surface area contributed by atoms with Crippen molar-refractivity contribution < 1.29 is 9.59 Å². The number of imide groups is 1. The van der Waals surface area contributed by atoms with Crippen LogP contribution in [0.15, 0.2) is 51.6 Å². The number of carbonyl (C=O) groups is 2. The topological polar surface area (TPSA) is 70.2 Å². The zero-order valence-corrected chi connectivity index (χ0v) is 19.8. The van der Waals surface area contributed by atoms with Gasteiger partial charge in [-0.05, 0) is 59.9 Å². The third kappa shape index (κ3) is 2.49. The fraction of sp³-hybridized carbons (Fsp3) is 0.348. The maximum atomic E-state index is 13.6. The summed E-state index contributed by atoms with van der Waals surface area (Å²) < 4.78 is 0. The second kappa shape index (κ2) is 6.82. The monoisotopic (exact) mass is 500 g/mol. The highest BCUT2D eigenvalue weighted by atomic mass is 35.5. The zero-order valence-electron chi connectivity index (χ0n) is 16.6. The van der Waals surface area contributed by atoms with Gasteiger partial charge in [-0.25, -0.2) is 0 Å². The Hall–Kier alpha value is -1.87. The maximum absolute atomic E-state index is 13.6. The molecule has 3 aromatic rings. The number of fused-ring (bicyclic) bond motifs is 9. The summed E-state index contributed by atoms with van der Waals surface area (Å²) in [5.74, 6) is -0.0317. The van der Waals surface area contributed by atoms with E-state index in [1.807, 2.05) is 6.07 Å². The van der Waals surface area contributed by atoms with Crippen LogP contribution in [0.5, 0.6) is 0 Å². The summed E-state index contributed by atoms with van der Waals surface area (Å²) in [6.45, 7) is 0. The van der Waals surface area contributed by atoms with Crippen LogP contribution in [-0.4, -0.2) is 22.0 Å². The Balaban J connectivity index is 1.32. The van der Waals surface area contributed by atoms with Gasteiger partial charge in [0.2, 0.25) is 11.8 Å². The molecule has 3 fully saturated rings. The predicted molar refractivity (Wildman–Crippen MR) is 127 cm³/mol. The van der Waals surface area contributed by atoms with E-state index < -0.39 is 0 Å². The first kappa shape index (κ1) is 19.6. The Morgan fingerprint density at radius 3 is 2.47 bits per heavy atom. The van der Waals surface area contributed by atoms with Gasteiger partial charge in [0.25, 0.3) is 0 Å². The number of thioether (sulfide) groups is 1. The van der Waals surface area contributed by atoms with Crippen molar-refractivity contribution >= 4 is 63.5 Å². The molecule has 7 rings (SSSR count). The van der Waals surface area contributed by atoms with Crippen molar-refractivity contribution in [2.75, 3.05) is 4.90 Å². The number of thiazole rings is 1. The van der Waals surface area contributed by atoms with Gasteiger partial charge in [0.15, 0.2) is 0 Å². The minimum Gasteiger partial charge on any atom is -0.307 e. The van der Waals surface area contributed by atoms with Crippen LogP contribution in [-0.2, 0) is 9.59 Å². The summed E-state index contributed by atoms with van der Waals surface area (Å²) in [6.07, 6.45) is 0.907. The van der Waals surface area contributed by atoms with E-state index in [1.165, 1.54) is 21.1 Å². The number of rotatable bonds is 2. The van der Waals surface area contributed by atoms with Crippen LogP contribution in [0, 0.1) is 29.6 Å². The summed E-state index contributed by atoms with van der Waals surface area (Å²) >= 11 is 10.8. The number of H-pyrrole nitrogens is 1. The van der Waals surface area contributed by atoms with Gasteiger partial charge in [0.1, 0.15) is 0 Å².